The van der Waals surface area contributed by atoms with Crippen molar-refractivity contribution >= 4 is 33.4 Å². The summed E-state index contributed by atoms with van der Waals surface area (Å²) in [6.45, 7) is 3.70. The molecule has 5 aromatic rings. The van der Waals surface area contributed by atoms with Crippen molar-refractivity contribution in [2.75, 3.05) is 23.3 Å². The van der Waals surface area contributed by atoms with Crippen LogP contribution in [0.4, 0.5) is 15.8 Å². The fraction of sp³-hybridized carbons (Fsp3) is 0.320. The number of nitrogens with zero attached hydrogens (tertiary/aromatic N) is 6. The van der Waals surface area contributed by atoms with Crippen LogP contribution in [0.2, 0.25) is 0 Å². The highest BCUT2D eigenvalue weighted by Crippen LogP contribution is 2.34. The molecule has 36 heavy (non-hydrogen) atoms. The van der Waals surface area contributed by atoms with E-state index in [1.165, 1.54) is 12.5 Å². The summed E-state index contributed by atoms with van der Waals surface area (Å²) in [5, 5.41) is 7.92. The minimum Gasteiger partial charge on any atom is -0.373 e. The standard InChI is InChI=1S/C25H26FN9O/c1-14(23-27-7-6-8-28-23)29-22-19(25(36)31-18-13-34(2)33-21(18)22)24-30-17-12-15(11-16(26)20(17)32-24)35-9-4-3-5-10-35/h6-8,11-14,29H,3-5,9-10H2,1-2H3,(H,30,32)(H,31,36)/t14-/m0/s1. The van der Waals surface area contributed by atoms with E-state index in [1.807, 2.05) is 13.0 Å². The number of piperidine rings is 1. The third-order valence-electron chi connectivity index (χ3n) is 6.61. The molecular weight excluding hydrogens is 461 g/mol. The molecule has 1 atom stereocenters. The molecule has 5 heterocycles. The second kappa shape index (κ2) is 8.74. The van der Waals surface area contributed by atoms with Gasteiger partial charge in [-0.2, -0.15) is 5.10 Å². The summed E-state index contributed by atoms with van der Waals surface area (Å²) in [6, 6.07) is 4.84. The van der Waals surface area contributed by atoms with E-state index in [9.17, 15) is 4.79 Å². The molecule has 3 N–H and O–H groups in total. The van der Waals surface area contributed by atoms with Gasteiger partial charge in [0.25, 0.3) is 5.56 Å². The Hall–Kier alpha value is -4.28. The molecule has 184 valence electrons. The first-order valence-electron chi connectivity index (χ1n) is 12.1. The van der Waals surface area contributed by atoms with Crippen molar-refractivity contribution in [3.8, 4) is 11.4 Å². The first-order chi connectivity index (χ1) is 17.5. The van der Waals surface area contributed by atoms with Crippen molar-refractivity contribution < 1.29 is 4.39 Å². The minimum absolute atomic E-state index is 0.191. The molecular formula is C25H26FN9O. The van der Waals surface area contributed by atoms with Gasteiger partial charge in [-0.25, -0.2) is 19.3 Å². The number of aromatic amines is 2. The molecule has 0 unspecified atom stereocenters. The first-order valence-corrected chi connectivity index (χ1v) is 12.1. The van der Waals surface area contributed by atoms with Crippen molar-refractivity contribution in [3.05, 3.63) is 58.8 Å². The third-order valence-corrected chi connectivity index (χ3v) is 6.61. The highest BCUT2D eigenvalue weighted by molar-refractivity contribution is 5.97. The van der Waals surface area contributed by atoms with Crippen LogP contribution in [-0.4, -0.2) is 47.8 Å². The molecule has 1 aliphatic heterocycles. The predicted octanol–water partition coefficient (Wildman–Crippen LogP) is 3.90. The Morgan fingerprint density at radius 1 is 1.06 bits per heavy atom. The van der Waals surface area contributed by atoms with Crippen LogP contribution in [-0.2, 0) is 7.05 Å². The Bertz CT molecular complexity index is 1620. The number of nitrogens with one attached hydrogen (secondary N) is 3. The number of halogens is 1. The number of hydrogen-bond acceptors (Lipinski definition) is 7. The third kappa shape index (κ3) is 3.86. The second-order valence-electron chi connectivity index (χ2n) is 9.20. The Labute approximate surface area is 205 Å². The average molecular weight is 488 g/mol. The van der Waals surface area contributed by atoms with Crippen LogP contribution in [0.5, 0.6) is 0 Å². The van der Waals surface area contributed by atoms with E-state index in [-0.39, 0.29) is 28.5 Å². The van der Waals surface area contributed by atoms with E-state index in [0.717, 1.165) is 31.6 Å². The van der Waals surface area contributed by atoms with Crippen molar-refractivity contribution in [1.29, 1.82) is 0 Å². The molecule has 4 aromatic heterocycles. The molecule has 10 nitrogen and oxygen atoms in total. The molecule has 11 heteroatoms. The van der Waals surface area contributed by atoms with Gasteiger partial charge >= 0.3 is 0 Å². The van der Waals surface area contributed by atoms with E-state index in [4.69, 9.17) is 0 Å². The molecule has 0 spiro atoms. The summed E-state index contributed by atoms with van der Waals surface area (Å²) in [5.41, 5.74) is 3.04. The summed E-state index contributed by atoms with van der Waals surface area (Å²) in [7, 11) is 1.78. The molecule has 0 aliphatic carbocycles. The zero-order chi connectivity index (χ0) is 24.8. The lowest BCUT2D eigenvalue weighted by Crippen LogP contribution is -2.29. The van der Waals surface area contributed by atoms with Crippen molar-refractivity contribution in [1.82, 2.24) is 34.7 Å². The SMILES string of the molecule is C[C@H](Nc1c(-c2nc3c(F)cc(N4CCCCC4)cc3[nH]2)c(=O)[nH]c2cn(C)nc12)c1ncccn1. The summed E-state index contributed by atoms with van der Waals surface area (Å²) < 4.78 is 16.8. The average Bonchev–Trinajstić information content (AvgIpc) is 3.48. The number of imidazole rings is 1. The fourth-order valence-corrected chi connectivity index (χ4v) is 4.88. The van der Waals surface area contributed by atoms with Gasteiger partial charge < -0.3 is 20.2 Å². The van der Waals surface area contributed by atoms with E-state index in [2.05, 4.69) is 40.2 Å². The van der Waals surface area contributed by atoms with Crippen molar-refractivity contribution in [2.45, 2.75) is 32.2 Å². The van der Waals surface area contributed by atoms with Gasteiger partial charge in [0, 0.05) is 44.4 Å². The number of H-pyrrole nitrogens is 2. The van der Waals surface area contributed by atoms with E-state index < -0.39 is 5.82 Å². The van der Waals surface area contributed by atoms with Gasteiger partial charge in [-0.05, 0) is 44.4 Å². The number of benzene rings is 1. The number of aromatic nitrogens is 7. The number of rotatable bonds is 5. The molecule has 1 saturated heterocycles. The number of pyridine rings is 1. The van der Waals surface area contributed by atoms with Gasteiger partial charge in [-0.3, -0.25) is 9.48 Å². The second-order valence-corrected chi connectivity index (χ2v) is 9.20. The van der Waals surface area contributed by atoms with Crippen LogP contribution in [0.3, 0.4) is 0 Å². The van der Waals surface area contributed by atoms with Crippen LogP contribution in [0.25, 0.3) is 33.5 Å². The molecule has 1 fully saturated rings. The zero-order valence-electron chi connectivity index (χ0n) is 20.0. The summed E-state index contributed by atoms with van der Waals surface area (Å²) in [6.07, 6.45) is 8.43. The van der Waals surface area contributed by atoms with Gasteiger partial charge in [0.15, 0.2) is 5.82 Å². The smallest absolute Gasteiger partial charge is 0.261 e. The molecule has 1 aromatic carbocycles. The van der Waals surface area contributed by atoms with E-state index in [1.54, 1.807) is 36.4 Å². The molecule has 0 bridgehead atoms. The van der Waals surface area contributed by atoms with Gasteiger partial charge in [0.05, 0.1) is 22.8 Å². The van der Waals surface area contributed by atoms with Gasteiger partial charge in [-0.15, -0.1) is 0 Å². The van der Waals surface area contributed by atoms with Crippen LogP contribution in [0, 0.1) is 5.82 Å². The topological polar surface area (TPSA) is 120 Å². The predicted molar refractivity (Wildman–Crippen MR) is 137 cm³/mol. The number of aryl methyl sites for hydroxylation is 1. The molecule has 0 saturated carbocycles. The molecule has 0 amide bonds. The zero-order valence-corrected chi connectivity index (χ0v) is 20.0. The number of hydrogen-bond donors (Lipinski definition) is 3. The Kier molecular flexibility index (Phi) is 5.39. The van der Waals surface area contributed by atoms with E-state index >= 15 is 4.39 Å². The lowest BCUT2D eigenvalue weighted by Gasteiger charge is -2.28. The quantitative estimate of drug-likeness (QED) is 0.344. The maximum atomic E-state index is 15.2. The Morgan fingerprint density at radius 2 is 1.83 bits per heavy atom. The Balaban J connectivity index is 1.50. The molecule has 0 radical (unpaired) electrons. The van der Waals surface area contributed by atoms with Crippen LogP contribution >= 0.6 is 0 Å². The van der Waals surface area contributed by atoms with Crippen LogP contribution in [0.15, 0.2) is 41.6 Å². The van der Waals surface area contributed by atoms with E-state index in [0.29, 0.717) is 28.1 Å². The maximum Gasteiger partial charge on any atom is 0.261 e. The lowest BCUT2D eigenvalue weighted by molar-refractivity contribution is 0.575. The molecule has 6 rings (SSSR count). The van der Waals surface area contributed by atoms with Gasteiger partial charge in [-0.1, -0.05) is 0 Å². The normalized spacial score (nSPS) is 15.0. The summed E-state index contributed by atoms with van der Waals surface area (Å²) >= 11 is 0. The maximum absolute atomic E-state index is 15.2. The Morgan fingerprint density at radius 3 is 2.61 bits per heavy atom. The van der Waals surface area contributed by atoms with Crippen molar-refractivity contribution in [3.63, 3.8) is 0 Å². The van der Waals surface area contributed by atoms with Gasteiger partial charge in [0.1, 0.15) is 28.2 Å². The highest BCUT2D eigenvalue weighted by Gasteiger charge is 2.24. The molecule has 1 aliphatic rings. The van der Waals surface area contributed by atoms with Crippen LogP contribution < -0.4 is 15.8 Å². The van der Waals surface area contributed by atoms with Gasteiger partial charge in [0.2, 0.25) is 0 Å². The highest BCUT2D eigenvalue weighted by atomic mass is 19.1. The lowest BCUT2D eigenvalue weighted by atomic mass is 10.1. The summed E-state index contributed by atoms with van der Waals surface area (Å²) in [5.74, 6) is 0.401. The monoisotopic (exact) mass is 487 g/mol. The van der Waals surface area contributed by atoms with Crippen molar-refractivity contribution in [2.24, 2.45) is 7.05 Å². The number of anilines is 2. The van der Waals surface area contributed by atoms with Crippen LogP contribution in [0.1, 0.15) is 38.1 Å². The minimum atomic E-state index is -0.425. The fourth-order valence-electron chi connectivity index (χ4n) is 4.88. The largest absolute Gasteiger partial charge is 0.373 e. The summed E-state index contributed by atoms with van der Waals surface area (Å²) in [4.78, 5) is 34.7. The number of fused-ring (bicyclic) bond motifs is 2. The first kappa shape index (κ1) is 22.2.